The van der Waals surface area contributed by atoms with E-state index in [0.717, 1.165) is 23.2 Å². The van der Waals surface area contributed by atoms with Crippen molar-refractivity contribution in [1.29, 1.82) is 0 Å². The molecule has 5 heteroatoms. The molecule has 0 spiro atoms. The highest BCUT2D eigenvalue weighted by molar-refractivity contribution is 7.18. The van der Waals surface area contributed by atoms with Crippen molar-refractivity contribution in [2.75, 3.05) is 0 Å². The average molecular weight is 330 g/mol. The molecule has 1 aromatic heterocycles. The van der Waals surface area contributed by atoms with Crippen LogP contribution in [0.3, 0.4) is 0 Å². The standard InChI is InChI=1S/C18H23BFNOP/c1-9-4-10(2)17-12(5-9)6-16(21-17)18(22)19-14-7-13(23)8-15(20)11(14)3/h5-7,10-11,13,15,21H,4,8,23H2,1-3H3. The van der Waals surface area contributed by atoms with Gasteiger partial charge in [-0.15, -0.1) is 9.24 Å². The van der Waals surface area contributed by atoms with Gasteiger partial charge in [0.05, 0.1) is 5.69 Å². The number of aromatic amines is 1. The molecule has 2 aliphatic rings. The van der Waals surface area contributed by atoms with Crippen LogP contribution in [0.1, 0.15) is 61.3 Å². The number of carbonyl (C=O) groups is 1. The Balaban J connectivity index is 1.81. The van der Waals surface area contributed by atoms with Crippen molar-refractivity contribution < 1.29 is 9.18 Å². The third-order valence-electron chi connectivity index (χ3n) is 4.94. The summed E-state index contributed by atoms with van der Waals surface area (Å²) in [5.41, 5.74) is 5.01. The second-order valence-corrected chi connectivity index (χ2v) is 7.88. The molecule has 2 nitrogen and oxygen atoms in total. The van der Waals surface area contributed by atoms with Crippen LogP contribution in [-0.2, 0) is 0 Å². The van der Waals surface area contributed by atoms with Gasteiger partial charge in [0.1, 0.15) is 11.9 Å². The third kappa shape index (κ3) is 3.38. The minimum atomic E-state index is -0.885. The van der Waals surface area contributed by atoms with Crippen LogP contribution in [0, 0.1) is 5.92 Å². The minimum Gasteiger partial charge on any atom is -0.356 e. The fraction of sp³-hybridized carbons (Fsp3) is 0.500. The summed E-state index contributed by atoms with van der Waals surface area (Å²) in [6.07, 6.45) is 4.78. The number of aromatic nitrogens is 1. The number of halogens is 1. The summed E-state index contributed by atoms with van der Waals surface area (Å²) in [7, 11) is 4.24. The first kappa shape index (κ1) is 16.7. The minimum absolute atomic E-state index is 0.0675. The summed E-state index contributed by atoms with van der Waals surface area (Å²) in [6.45, 7) is 6.14. The van der Waals surface area contributed by atoms with Crippen LogP contribution in [0.2, 0.25) is 0 Å². The van der Waals surface area contributed by atoms with Crippen molar-refractivity contribution >= 4 is 28.3 Å². The number of nitrogens with one attached hydrogen (secondary N) is 1. The molecule has 2 aliphatic carbocycles. The Labute approximate surface area is 140 Å². The Morgan fingerprint density at radius 2 is 2.17 bits per heavy atom. The molecule has 0 saturated carbocycles. The molecule has 0 aliphatic heterocycles. The number of allylic oxidation sites excluding steroid dienone is 3. The van der Waals surface area contributed by atoms with Crippen LogP contribution < -0.4 is 0 Å². The Morgan fingerprint density at radius 1 is 1.43 bits per heavy atom. The Kier molecular flexibility index (Phi) is 4.64. The van der Waals surface area contributed by atoms with Gasteiger partial charge in [-0.25, -0.2) is 4.39 Å². The summed E-state index contributed by atoms with van der Waals surface area (Å²) in [5, 5.41) is 0. The molecule has 1 radical (unpaired) electrons. The molecule has 5 atom stereocenters. The summed E-state index contributed by atoms with van der Waals surface area (Å²) < 4.78 is 14.0. The fourth-order valence-corrected chi connectivity index (χ4v) is 4.09. The monoisotopic (exact) mass is 330 g/mol. The molecule has 0 saturated heterocycles. The Hall–Kier alpha value is -1.15. The predicted molar refractivity (Wildman–Crippen MR) is 97.8 cm³/mol. The normalized spacial score (nSPS) is 30.3. The molecular formula is C18H23BFNOP. The Morgan fingerprint density at radius 3 is 2.91 bits per heavy atom. The van der Waals surface area contributed by atoms with Gasteiger partial charge in [-0.3, -0.25) is 0 Å². The van der Waals surface area contributed by atoms with Gasteiger partial charge < -0.3 is 9.78 Å². The van der Waals surface area contributed by atoms with E-state index in [4.69, 9.17) is 0 Å². The lowest BCUT2D eigenvalue weighted by atomic mass is 9.58. The van der Waals surface area contributed by atoms with E-state index in [-0.39, 0.29) is 17.3 Å². The lowest BCUT2D eigenvalue weighted by molar-refractivity contribution is 0.107. The molecule has 3 rings (SSSR count). The van der Waals surface area contributed by atoms with Crippen molar-refractivity contribution in [1.82, 2.24) is 4.98 Å². The molecule has 1 heterocycles. The van der Waals surface area contributed by atoms with Crippen molar-refractivity contribution in [3.63, 3.8) is 0 Å². The van der Waals surface area contributed by atoms with E-state index in [2.05, 4.69) is 34.1 Å². The number of hydrogen-bond acceptors (Lipinski definition) is 1. The highest BCUT2D eigenvalue weighted by atomic mass is 31.0. The van der Waals surface area contributed by atoms with Crippen LogP contribution in [-0.4, -0.2) is 29.8 Å². The first-order valence-corrected chi connectivity index (χ1v) is 8.92. The number of rotatable bonds is 3. The smallest absolute Gasteiger partial charge is 0.244 e. The first-order valence-electron chi connectivity index (χ1n) is 8.25. The molecule has 1 N–H and O–H groups in total. The van der Waals surface area contributed by atoms with Crippen LogP contribution in [0.25, 0.3) is 6.08 Å². The number of hydrogen-bond donors (Lipinski definition) is 1. The second-order valence-electron chi connectivity index (χ2n) is 7.03. The number of fused-ring (bicyclic) bond motifs is 1. The first-order chi connectivity index (χ1) is 10.8. The summed E-state index contributed by atoms with van der Waals surface area (Å²) in [6, 6.07) is 1.92. The number of alkyl halides is 1. The van der Waals surface area contributed by atoms with Gasteiger partial charge in [0.15, 0.2) is 0 Å². The summed E-state index contributed by atoms with van der Waals surface area (Å²) in [4.78, 5) is 15.9. The van der Waals surface area contributed by atoms with Crippen LogP contribution in [0.5, 0.6) is 0 Å². The zero-order valence-electron chi connectivity index (χ0n) is 13.9. The molecule has 0 amide bonds. The molecule has 0 aromatic carbocycles. The third-order valence-corrected chi connectivity index (χ3v) is 5.40. The van der Waals surface area contributed by atoms with E-state index in [9.17, 15) is 9.18 Å². The van der Waals surface area contributed by atoms with Gasteiger partial charge in [-0.05, 0) is 37.1 Å². The van der Waals surface area contributed by atoms with Gasteiger partial charge >= 0.3 is 0 Å². The van der Waals surface area contributed by atoms with E-state index in [1.165, 1.54) is 5.57 Å². The zero-order chi connectivity index (χ0) is 16.7. The summed E-state index contributed by atoms with van der Waals surface area (Å²) >= 11 is 0. The molecule has 23 heavy (non-hydrogen) atoms. The quantitative estimate of drug-likeness (QED) is 0.651. The largest absolute Gasteiger partial charge is 0.356 e. The topological polar surface area (TPSA) is 32.9 Å². The van der Waals surface area contributed by atoms with Gasteiger partial charge in [0.25, 0.3) is 0 Å². The number of H-pyrrole nitrogens is 1. The highest BCUT2D eigenvalue weighted by Crippen LogP contribution is 2.34. The molecular weight excluding hydrogens is 307 g/mol. The fourth-order valence-electron chi connectivity index (χ4n) is 3.60. The van der Waals surface area contributed by atoms with Gasteiger partial charge in [0.2, 0.25) is 7.28 Å². The van der Waals surface area contributed by atoms with E-state index in [1.54, 1.807) is 7.28 Å². The maximum atomic E-state index is 14.0. The van der Waals surface area contributed by atoms with E-state index < -0.39 is 6.17 Å². The van der Waals surface area contributed by atoms with E-state index in [0.29, 0.717) is 18.0 Å². The lowest BCUT2D eigenvalue weighted by Crippen LogP contribution is -2.29. The number of carbonyl (C=O) groups excluding carboxylic acids is 1. The predicted octanol–water partition coefficient (Wildman–Crippen LogP) is 4.28. The summed E-state index contributed by atoms with van der Waals surface area (Å²) in [5.74, 6) is 0.178. The van der Waals surface area contributed by atoms with Crippen LogP contribution in [0.4, 0.5) is 4.39 Å². The molecule has 0 fully saturated rings. The maximum absolute atomic E-state index is 14.0. The van der Waals surface area contributed by atoms with Crippen molar-refractivity contribution in [2.24, 2.45) is 5.92 Å². The van der Waals surface area contributed by atoms with Crippen molar-refractivity contribution in [3.05, 3.63) is 40.1 Å². The van der Waals surface area contributed by atoms with Crippen molar-refractivity contribution in [2.45, 2.75) is 51.4 Å². The SMILES string of the molecule is CC1=Cc2cc(C(=O)[B]C3=CC(P)CC(F)C3C)[nH]c2C(C)C1. The van der Waals surface area contributed by atoms with E-state index >= 15 is 0 Å². The van der Waals surface area contributed by atoms with Crippen LogP contribution in [0.15, 0.2) is 23.2 Å². The molecule has 5 unspecified atom stereocenters. The van der Waals surface area contributed by atoms with Crippen LogP contribution >= 0.6 is 9.24 Å². The lowest BCUT2D eigenvalue weighted by Gasteiger charge is -2.27. The second kappa shape index (κ2) is 6.40. The zero-order valence-corrected chi connectivity index (χ0v) is 15.1. The molecule has 0 bridgehead atoms. The van der Waals surface area contributed by atoms with Crippen molar-refractivity contribution in [3.8, 4) is 0 Å². The van der Waals surface area contributed by atoms with Gasteiger partial charge in [-0.1, -0.05) is 37.0 Å². The average Bonchev–Trinajstić information content (AvgIpc) is 2.88. The Bertz CT molecular complexity index is 693. The molecule has 1 aromatic rings. The van der Waals surface area contributed by atoms with Gasteiger partial charge in [-0.2, -0.15) is 0 Å². The van der Waals surface area contributed by atoms with Gasteiger partial charge in [0, 0.05) is 17.5 Å². The molecule has 121 valence electrons. The maximum Gasteiger partial charge on any atom is 0.244 e. The highest BCUT2D eigenvalue weighted by Gasteiger charge is 2.30. The van der Waals surface area contributed by atoms with E-state index in [1.807, 2.05) is 19.1 Å².